The Morgan fingerprint density at radius 2 is 1.64 bits per heavy atom. The van der Waals surface area contributed by atoms with Gasteiger partial charge in [-0.3, -0.25) is 14.9 Å². The molecule has 2 aromatic carbocycles. The summed E-state index contributed by atoms with van der Waals surface area (Å²) < 4.78 is 32.3. The van der Waals surface area contributed by atoms with Crippen molar-refractivity contribution < 1.29 is 22.9 Å². The molecule has 9 nitrogen and oxygen atoms in total. The summed E-state index contributed by atoms with van der Waals surface area (Å²) in [6.45, 7) is 4.92. The van der Waals surface area contributed by atoms with E-state index in [0.717, 1.165) is 0 Å². The average Bonchev–Trinajstić information content (AvgIpc) is 2.59. The van der Waals surface area contributed by atoms with E-state index in [1.807, 2.05) is 0 Å². The van der Waals surface area contributed by atoms with Gasteiger partial charge < -0.3 is 10.1 Å². The SMILES string of the molecule is CC(C)(C)NS(=O)(=O)c1ccc(NC(=O)COc2ccc([N+](=O)[O-])cc2)cc1. The number of ether oxygens (including phenoxy) is 1. The lowest BCUT2D eigenvalue weighted by Gasteiger charge is -2.20. The second-order valence-corrected chi connectivity index (χ2v) is 8.65. The number of hydrogen-bond donors (Lipinski definition) is 2. The van der Waals surface area contributed by atoms with Gasteiger partial charge in [-0.2, -0.15) is 0 Å². The topological polar surface area (TPSA) is 128 Å². The number of carbonyl (C=O) groups is 1. The number of sulfonamides is 1. The fourth-order valence-electron chi connectivity index (χ4n) is 2.19. The molecule has 0 saturated carbocycles. The highest BCUT2D eigenvalue weighted by Gasteiger charge is 2.21. The molecule has 0 saturated heterocycles. The molecule has 10 heteroatoms. The van der Waals surface area contributed by atoms with E-state index in [4.69, 9.17) is 4.74 Å². The fourth-order valence-corrected chi connectivity index (χ4v) is 3.61. The summed E-state index contributed by atoms with van der Waals surface area (Å²) in [6, 6.07) is 11.1. The van der Waals surface area contributed by atoms with Crippen LogP contribution in [0.2, 0.25) is 0 Å². The van der Waals surface area contributed by atoms with E-state index in [9.17, 15) is 23.3 Å². The highest BCUT2D eigenvalue weighted by molar-refractivity contribution is 7.89. The molecular formula is C18H21N3O6S. The van der Waals surface area contributed by atoms with Gasteiger partial charge in [-0.25, -0.2) is 13.1 Å². The number of nitrogens with zero attached hydrogens (tertiary/aromatic N) is 1. The number of anilines is 1. The van der Waals surface area contributed by atoms with Crippen molar-refractivity contribution in [3.05, 3.63) is 58.6 Å². The van der Waals surface area contributed by atoms with Gasteiger partial charge in [-0.15, -0.1) is 0 Å². The predicted molar refractivity (Wildman–Crippen MR) is 104 cm³/mol. The summed E-state index contributed by atoms with van der Waals surface area (Å²) in [6.07, 6.45) is 0. The van der Waals surface area contributed by atoms with Crippen molar-refractivity contribution in [1.82, 2.24) is 4.72 Å². The summed E-state index contributed by atoms with van der Waals surface area (Å²) in [4.78, 5) is 22.1. The number of rotatable bonds is 7. The van der Waals surface area contributed by atoms with E-state index in [1.165, 1.54) is 48.5 Å². The second-order valence-electron chi connectivity index (χ2n) is 6.97. The number of carbonyl (C=O) groups excluding carboxylic acids is 1. The molecule has 1 amide bonds. The molecule has 0 unspecified atom stereocenters. The summed E-state index contributed by atoms with van der Waals surface area (Å²) in [5.41, 5.74) is -0.277. The Balaban J connectivity index is 1.93. The minimum atomic E-state index is -3.65. The lowest BCUT2D eigenvalue weighted by Crippen LogP contribution is -2.40. The first-order valence-electron chi connectivity index (χ1n) is 8.27. The van der Waals surface area contributed by atoms with Crippen molar-refractivity contribution in [2.75, 3.05) is 11.9 Å². The van der Waals surface area contributed by atoms with Crippen LogP contribution in [0.25, 0.3) is 0 Å². The molecule has 2 N–H and O–H groups in total. The van der Waals surface area contributed by atoms with Gasteiger partial charge >= 0.3 is 0 Å². The normalized spacial score (nSPS) is 11.7. The summed E-state index contributed by atoms with van der Waals surface area (Å²) in [5, 5.41) is 13.2. The van der Waals surface area contributed by atoms with Crippen molar-refractivity contribution in [1.29, 1.82) is 0 Å². The molecular weight excluding hydrogens is 386 g/mol. The van der Waals surface area contributed by atoms with Gasteiger partial charge in [0.25, 0.3) is 11.6 Å². The van der Waals surface area contributed by atoms with E-state index in [0.29, 0.717) is 11.4 Å². The maximum Gasteiger partial charge on any atom is 0.269 e. The van der Waals surface area contributed by atoms with Gasteiger partial charge in [0.05, 0.1) is 9.82 Å². The molecule has 150 valence electrons. The summed E-state index contributed by atoms with van der Waals surface area (Å²) >= 11 is 0. The van der Waals surface area contributed by atoms with Crippen LogP contribution < -0.4 is 14.8 Å². The Morgan fingerprint density at radius 3 is 2.14 bits per heavy atom. The van der Waals surface area contributed by atoms with Crippen LogP contribution in [0.3, 0.4) is 0 Å². The van der Waals surface area contributed by atoms with Crippen molar-refractivity contribution in [2.24, 2.45) is 0 Å². The zero-order valence-corrected chi connectivity index (χ0v) is 16.4. The van der Waals surface area contributed by atoms with Crippen molar-refractivity contribution in [3.63, 3.8) is 0 Å². The zero-order valence-electron chi connectivity index (χ0n) is 15.6. The van der Waals surface area contributed by atoms with Crippen LogP contribution in [0.1, 0.15) is 20.8 Å². The Bertz CT molecular complexity index is 948. The predicted octanol–water partition coefficient (Wildman–Crippen LogP) is 2.69. The quantitative estimate of drug-likeness (QED) is 0.536. The first-order valence-corrected chi connectivity index (χ1v) is 9.76. The molecule has 0 spiro atoms. The Hall–Kier alpha value is -2.98. The Labute approximate surface area is 162 Å². The third-order valence-electron chi connectivity index (χ3n) is 3.31. The lowest BCUT2D eigenvalue weighted by atomic mass is 10.1. The number of hydrogen-bond acceptors (Lipinski definition) is 6. The first-order chi connectivity index (χ1) is 13.0. The molecule has 0 aliphatic rings. The highest BCUT2D eigenvalue weighted by Crippen LogP contribution is 2.18. The van der Waals surface area contributed by atoms with E-state index < -0.39 is 26.4 Å². The molecule has 0 fully saturated rings. The second kappa shape index (κ2) is 8.36. The third kappa shape index (κ3) is 6.32. The van der Waals surface area contributed by atoms with Crippen LogP contribution in [0.4, 0.5) is 11.4 Å². The standard InChI is InChI=1S/C18H21N3O6S/c1-18(2,3)20-28(25,26)16-10-4-13(5-11-16)19-17(22)12-27-15-8-6-14(7-9-15)21(23)24/h4-11,20H,12H2,1-3H3,(H,19,22). The van der Waals surface area contributed by atoms with Gasteiger partial charge in [-0.05, 0) is 57.2 Å². The molecule has 0 aromatic heterocycles. The van der Waals surface area contributed by atoms with Gasteiger partial charge in [0.15, 0.2) is 6.61 Å². The molecule has 0 radical (unpaired) electrons. The molecule has 0 bridgehead atoms. The average molecular weight is 407 g/mol. The van der Waals surface area contributed by atoms with Crippen molar-refractivity contribution in [3.8, 4) is 5.75 Å². The molecule has 0 aliphatic heterocycles. The molecule has 2 rings (SSSR count). The summed E-state index contributed by atoms with van der Waals surface area (Å²) in [7, 11) is -3.65. The van der Waals surface area contributed by atoms with Crippen LogP contribution >= 0.6 is 0 Å². The fraction of sp³-hybridized carbons (Fsp3) is 0.278. The van der Waals surface area contributed by atoms with Gasteiger partial charge in [0.1, 0.15) is 5.75 Å². The van der Waals surface area contributed by atoms with E-state index in [1.54, 1.807) is 20.8 Å². The number of nitro benzene ring substituents is 1. The first kappa shape index (κ1) is 21.3. The maximum absolute atomic E-state index is 12.2. The van der Waals surface area contributed by atoms with Crippen LogP contribution in [-0.4, -0.2) is 31.4 Å². The van der Waals surface area contributed by atoms with Crippen LogP contribution in [-0.2, 0) is 14.8 Å². The largest absolute Gasteiger partial charge is 0.484 e. The van der Waals surface area contributed by atoms with Crippen molar-refractivity contribution in [2.45, 2.75) is 31.2 Å². The molecule has 0 heterocycles. The number of non-ortho nitro benzene ring substituents is 1. The van der Waals surface area contributed by atoms with E-state index in [-0.39, 0.29) is 17.2 Å². The minimum Gasteiger partial charge on any atom is -0.484 e. The Morgan fingerprint density at radius 1 is 1.07 bits per heavy atom. The highest BCUT2D eigenvalue weighted by atomic mass is 32.2. The monoisotopic (exact) mass is 407 g/mol. The number of nitrogens with one attached hydrogen (secondary N) is 2. The van der Waals surface area contributed by atoms with Crippen LogP contribution in [0.15, 0.2) is 53.4 Å². The number of amides is 1. The number of benzene rings is 2. The van der Waals surface area contributed by atoms with Crippen molar-refractivity contribution >= 4 is 27.3 Å². The van der Waals surface area contributed by atoms with E-state index >= 15 is 0 Å². The zero-order chi connectivity index (χ0) is 20.9. The maximum atomic E-state index is 12.2. The van der Waals surface area contributed by atoms with Gasteiger partial charge in [0.2, 0.25) is 10.0 Å². The van der Waals surface area contributed by atoms with Crippen LogP contribution in [0.5, 0.6) is 5.75 Å². The Kier molecular flexibility index (Phi) is 6.37. The molecule has 0 atom stereocenters. The lowest BCUT2D eigenvalue weighted by molar-refractivity contribution is -0.384. The summed E-state index contributed by atoms with van der Waals surface area (Å²) in [5.74, 6) is -0.141. The minimum absolute atomic E-state index is 0.0761. The smallest absolute Gasteiger partial charge is 0.269 e. The third-order valence-corrected chi connectivity index (χ3v) is 5.08. The van der Waals surface area contributed by atoms with Crippen LogP contribution in [0, 0.1) is 10.1 Å². The molecule has 28 heavy (non-hydrogen) atoms. The molecule has 0 aliphatic carbocycles. The number of nitro groups is 1. The van der Waals surface area contributed by atoms with Gasteiger partial charge in [0, 0.05) is 23.4 Å². The van der Waals surface area contributed by atoms with E-state index in [2.05, 4.69) is 10.0 Å². The molecule has 2 aromatic rings. The van der Waals surface area contributed by atoms with Gasteiger partial charge in [-0.1, -0.05) is 0 Å².